The van der Waals surface area contributed by atoms with E-state index >= 15 is 0 Å². The Morgan fingerprint density at radius 3 is 2.56 bits per heavy atom. The number of pyridine rings is 3. The molecule has 48 heavy (non-hydrogen) atoms. The van der Waals surface area contributed by atoms with Gasteiger partial charge in [0.15, 0.2) is 5.69 Å². The number of nitrogens with zero attached hydrogens (tertiary/aromatic N) is 5. The molecule has 9 nitrogen and oxygen atoms in total. The van der Waals surface area contributed by atoms with Gasteiger partial charge in [-0.25, -0.2) is 14.8 Å². The van der Waals surface area contributed by atoms with Crippen LogP contribution in [0.1, 0.15) is 49.2 Å². The van der Waals surface area contributed by atoms with Gasteiger partial charge in [0, 0.05) is 37.3 Å². The van der Waals surface area contributed by atoms with E-state index in [2.05, 4.69) is 16.0 Å². The van der Waals surface area contributed by atoms with Gasteiger partial charge in [0.1, 0.15) is 6.61 Å². The molecule has 0 radical (unpaired) electrons. The van der Waals surface area contributed by atoms with E-state index in [-0.39, 0.29) is 30.6 Å². The predicted molar refractivity (Wildman–Crippen MR) is 174 cm³/mol. The van der Waals surface area contributed by atoms with Crippen LogP contribution in [0, 0.1) is 5.92 Å². The molecule has 1 spiro atoms. The van der Waals surface area contributed by atoms with E-state index in [1.165, 1.54) is 19.2 Å². The fraction of sp³-hybridized carbons (Fsp3) is 0.389. The Balaban J connectivity index is 1.38. The van der Waals surface area contributed by atoms with E-state index in [1.54, 1.807) is 16.0 Å². The lowest BCUT2D eigenvalue weighted by Crippen LogP contribution is -2.58. The number of fused-ring (bicyclic) bond motifs is 2. The number of methoxy groups -OCH3 is 1. The molecule has 0 aliphatic carbocycles. The van der Waals surface area contributed by atoms with Gasteiger partial charge in [-0.3, -0.25) is 4.98 Å². The molecule has 2 aliphatic rings. The summed E-state index contributed by atoms with van der Waals surface area (Å²) in [6, 6.07) is 20.1. The summed E-state index contributed by atoms with van der Waals surface area (Å²) in [6.07, 6.45) is -2.32. The highest BCUT2D eigenvalue weighted by atomic mass is 19.4. The highest BCUT2D eigenvalue weighted by Gasteiger charge is 2.50. The summed E-state index contributed by atoms with van der Waals surface area (Å²) in [5.41, 5.74) is 2.43. The SMILES string of the molecule is CCOc1ncccc1-c1ccc2c(n1)CN(C(=O)OCc1ccccc1)C[C@]21CCN(c2ccc(OC)nc2C(F)(F)F)C[C@H]1CC. The number of ether oxygens (including phenoxy) is 3. The van der Waals surface area contributed by atoms with Crippen molar-refractivity contribution in [1.82, 2.24) is 19.9 Å². The van der Waals surface area contributed by atoms with Crippen molar-refractivity contribution >= 4 is 11.8 Å². The van der Waals surface area contributed by atoms with Gasteiger partial charge >= 0.3 is 12.3 Å². The molecular formula is C36H38F3N5O4. The van der Waals surface area contributed by atoms with Crippen LogP contribution < -0.4 is 14.4 Å². The quantitative estimate of drug-likeness (QED) is 0.195. The van der Waals surface area contributed by atoms with Gasteiger partial charge in [-0.1, -0.05) is 49.7 Å². The number of carbonyl (C=O) groups excluding carboxylic acids is 1. The van der Waals surface area contributed by atoms with Crippen LogP contribution in [-0.2, 0) is 29.5 Å². The zero-order valence-corrected chi connectivity index (χ0v) is 27.2. The number of hydrogen-bond acceptors (Lipinski definition) is 8. The molecule has 2 aliphatic heterocycles. The molecule has 2 atom stereocenters. The van der Waals surface area contributed by atoms with Gasteiger partial charge in [0.05, 0.1) is 42.9 Å². The molecule has 0 N–H and O–H groups in total. The van der Waals surface area contributed by atoms with E-state index in [4.69, 9.17) is 19.2 Å². The molecule has 252 valence electrons. The third kappa shape index (κ3) is 6.48. The van der Waals surface area contributed by atoms with Crippen molar-refractivity contribution < 1.29 is 32.2 Å². The number of hydrogen-bond donors (Lipinski definition) is 0. The smallest absolute Gasteiger partial charge is 0.435 e. The Kier molecular flexibility index (Phi) is 9.43. The molecule has 0 bridgehead atoms. The third-order valence-electron chi connectivity index (χ3n) is 9.33. The fourth-order valence-electron chi connectivity index (χ4n) is 7.05. The summed E-state index contributed by atoms with van der Waals surface area (Å²) in [7, 11) is 1.29. The van der Waals surface area contributed by atoms with Gasteiger partial charge in [0.2, 0.25) is 11.8 Å². The van der Waals surface area contributed by atoms with Crippen LogP contribution in [0.25, 0.3) is 11.3 Å². The Bertz CT molecular complexity index is 1760. The highest BCUT2D eigenvalue weighted by Crippen LogP contribution is 2.48. The second-order valence-electron chi connectivity index (χ2n) is 12.1. The number of anilines is 1. The Morgan fingerprint density at radius 2 is 1.83 bits per heavy atom. The lowest BCUT2D eigenvalue weighted by molar-refractivity contribution is -0.140. The molecule has 1 aromatic carbocycles. The highest BCUT2D eigenvalue weighted by molar-refractivity contribution is 5.70. The Labute approximate surface area is 277 Å². The molecule has 5 heterocycles. The van der Waals surface area contributed by atoms with Crippen LogP contribution in [0.15, 0.2) is 72.9 Å². The second-order valence-corrected chi connectivity index (χ2v) is 12.1. The van der Waals surface area contributed by atoms with Crippen LogP contribution >= 0.6 is 0 Å². The number of aromatic nitrogens is 3. The summed E-state index contributed by atoms with van der Waals surface area (Å²) in [5, 5.41) is 0. The van der Waals surface area contributed by atoms with Crippen LogP contribution in [-0.4, -0.2) is 59.3 Å². The summed E-state index contributed by atoms with van der Waals surface area (Å²) < 4.78 is 59.2. The maximum absolute atomic E-state index is 14.2. The molecule has 1 saturated heterocycles. The van der Waals surface area contributed by atoms with Gasteiger partial charge in [-0.2, -0.15) is 13.2 Å². The molecule has 0 unspecified atom stereocenters. The molecule has 12 heteroatoms. The van der Waals surface area contributed by atoms with E-state index in [0.29, 0.717) is 50.7 Å². The van der Waals surface area contributed by atoms with Crippen LogP contribution in [0.5, 0.6) is 11.8 Å². The summed E-state index contributed by atoms with van der Waals surface area (Å²) in [5.74, 6) is 0.244. The van der Waals surface area contributed by atoms with Crippen LogP contribution in [0.2, 0.25) is 0 Å². The minimum Gasteiger partial charge on any atom is -0.481 e. The molecule has 3 aromatic heterocycles. The normalized spacial score (nSPS) is 19.2. The largest absolute Gasteiger partial charge is 0.481 e. The topological polar surface area (TPSA) is 89.9 Å². The minimum atomic E-state index is -4.66. The average Bonchev–Trinajstić information content (AvgIpc) is 3.10. The minimum absolute atomic E-state index is 0.0141. The van der Waals surface area contributed by atoms with Crippen LogP contribution in [0.4, 0.5) is 23.7 Å². The van der Waals surface area contributed by atoms with Gasteiger partial charge in [-0.05, 0) is 54.7 Å². The number of alkyl halides is 3. The van der Waals surface area contributed by atoms with Crippen molar-refractivity contribution in [2.75, 3.05) is 38.3 Å². The lowest BCUT2D eigenvalue weighted by Gasteiger charge is -2.53. The average molecular weight is 662 g/mol. The Morgan fingerprint density at radius 1 is 1.02 bits per heavy atom. The van der Waals surface area contributed by atoms with E-state index in [9.17, 15) is 18.0 Å². The zero-order valence-electron chi connectivity index (χ0n) is 27.2. The standard InChI is InChI=1S/C36H38F3N5O4/c1-4-25-20-43(30-15-16-31(46-3)42-32(30)36(37,38)39)19-17-35(25)23-44(34(45)48-22-24-10-7-6-8-11-24)21-29-27(35)13-14-28(41-29)26-12-9-18-40-33(26)47-5-2/h6-16,18,25H,4-5,17,19-23H2,1-3H3/t25-,35+/m1/s1. The van der Waals surface area contributed by atoms with Crippen molar-refractivity contribution in [2.24, 2.45) is 5.92 Å². The first-order chi connectivity index (χ1) is 23.2. The third-order valence-corrected chi connectivity index (χ3v) is 9.33. The number of carbonyl (C=O) groups is 1. The van der Waals surface area contributed by atoms with Crippen molar-refractivity contribution in [3.8, 4) is 23.0 Å². The van der Waals surface area contributed by atoms with Crippen molar-refractivity contribution in [3.63, 3.8) is 0 Å². The summed E-state index contributed by atoms with van der Waals surface area (Å²) in [4.78, 5) is 30.4. The molecule has 4 aromatic rings. The number of amides is 1. The monoisotopic (exact) mass is 661 g/mol. The van der Waals surface area contributed by atoms with E-state index in [0.717, 1.165) is 22.4 Å². The molecule has 1 fully saturated rings. The number of rotatable bonds is 8. The second kappa shape index (κ2) is 13.7. The predicted octanol–water partition coefficient (Wildman–Crippen LogP) is 7.29. The Hall–Kier alpha value is -4.87. The zero-order chi connectivity index (χ0) is 33.9. The first kappa shape index (κ1) is 33.0. The van der Waals surface area contributed by atoms with E-state index < -0.39 is 23.4 Å². The molecule has 1 amide bonds. The number of piperidine rings is 1. The first-order valence-electron chi connectivity index (χ1n) is 16.1. The van der Waals surface area contributed by atoms with Gasteiger partial charge < -0.3 is 24.0 Å². The molecular weight excluding hydrogens is 623 g/mol. The van der Waals surface area contributed by atoms with Crippen molar-refractivity contribution in [3.05, 3.63) is 95.4 Å². The van der Waals surface area contributed by atoms with Gasteiger partial charge in [0.25, 0.3) is 0 Å². The molecule has 0 saturated carbocycles. The summed E-state index contributed by atoms with van der Waals surface area (Å²) >= 11 is 0. The van der Waals surface area contributed by atoms with Crippen molar-refractivity contribution in [1.29, 1.82) is 0 Å². The maximum atomic E-state index is 14.2. The maximum Gasteiger partial charge on any atom is 0.435 e. The lowest BCUT2D eigenvalue weighted by atomic mass is 9.62. The fourth-order valence-corrected chi connectivity index (χ4v) is 7.05. The number of halogens is 3. The first-order valence-corrected chi connectivity index (χ1v) is 16.1. The summed E-state index contributed by atoms with van der Waals surface area (Å²) in [6.45, 7) is 5.70. The molecule has 6 rings (SSSR count). The number of benzene rings is 1. The van der Waals surface area contributed by atoms with Crippen molar-refractivity contribution in [2.45, 2.75) is 51.4 Å². The van der Waals surface area contributed by atoms with E-state index in [1.807, 2.05) is 62.4 Å². The van der Waals surface area contributed by atoms with Crippen LogP contribution in [0.3, 0.4) is 0 Å². The van der Waals surface area contributed by atoms with Gasteiger partial charge in [-0.15, -0.1) is 0 Å².